The first-order valence-electron chi connectivity index (χ1n) is 7.66. The normalized spacial score (nSPS) is 26.4. The zero-order valence-electron chi connectivity index (χ0n) is 11.9. The van der Waals surface area contributed by atoms with Gasteiger partial charge in [-0.3, -0.25) is 4.79 Å². The van der Waals surface area contributed by atoms with E-state index in [1.54, 1.807) is 0 Å². The van der Waals surface area contributed by atoms with Crippen LogP contribution in [0.5, 0.6) is 5.75 Å². The van der Waals surface area contributed by atoms with Gasteiger partial charge in [0, 0.05) is 11.8 Å². The molecule has 0 aliphatic heterocycles. The van der Waals surface area contributed by atoms with Gasteiger partial charge in [-0.25, -0.2) is 0 Å². The van der Waals surface area contributed by atoms with Crippen LogP contribution in [-0.2, 0) is 4.79 Å². The molecule has 0 saturated heterocycles. The van der Waals surface area contributed by atoms with Crippen molar-refractivity contribution in [3.05, 3.63) is 54.6 Å². The second-order valence-electron chi connectivity index (χ2n) is 6.20. The Morgan fingerprint density at radius 1 is 1.05 bits per heavy atom. The Balaban J connectivity index is 1.50. The number of fused-ring (bicyclic) bond motifs is 3. The number of hydrogen-bond acceptors (Lipinski definition) is 2. The summed E-state index contributed by atoms with van der Waals surface area (Å²) in [6.45, 7) is 0. The van der Waals surface area contributed by atoms with Crippen LogP contribution in [0, 0.1) is 17.8 Å². The summed E-state index contributed by atoms with van der Waals surface area (Å²) < 4.78 is 5.63. The maximum absolute atomic E-state index is 12.2. The van der Waals surface area contributed by atoms with E-state index in [4.69, 9.17) is 4.74 Å². The summed E-state index contributed by atoms with van der Waals surface area (Å²) in [5.74, 6) is 2.34. The van der Waals surface area contributed by atoms with Crippen molar-refractivity contribution in [3.8, 4) is 5.75 Å². The van der Waals surface area contributed by atoms with Gasteiger partial charge < -0.3 is 4.74 Å². The molecule has 0 radical (unpaired) electrons. The number of rotatable bonds is 3. The van der Waals surface area contributed by atoms with Crippen LogP contribution in [0.25, 0.3) is 10.8 Å². The highest BCUT2D eigenvalue weighted by atomic mass is 16.5. The summed E-state index contributed by atoms with van der Waals surface area (Å²) >= 11 is 0. The number of carbonyl (C=O) groups is 1. The molecule has 0 N–H and O–H groups in total. The van der Waals surface area contributed by atoms with Crippen LogP contribution >= 0.6 is 0 Å². The fraction of sp³-hybridized carbons (Fsp3) is 0.316. The SMILES string of the molecule is O=C(CC1CC2C=CC1C2)Oc1cccc2ccccc12. The van der Waals surface area contributed by atoms with Crippen molar-refractivity contribution in [1.82, 2.24) is 0 Å². The third-order valence-electron chi connectivity index (χ3n) is 4.82. The molecule has 2 nitrogen and oxygen atoms in total. The molecule has 0 aromatic heterocycles. The van der Waals surface area contributed by atoms with Crippen molar-refractivity contribution in [1.29, 1.82) is 0 Å². The average molecular weight is 278 g/mol. The van der Waals surface area contributed by atoms with E-state index >= 15 is 0 Å². The van der Waals surface area contributed by atoms with Gasteiger partial charge in [-0.15, -0.1) is 0 Å². The number of allylic oxidation sites excluding steroid dienone is 2. The van der Waals surface area contributed by atoms with Crippen LogP contribution in [0.4, 0.5) is 0 Å². The van der Waals surface area contributed by atoms with Gasteiger partial charge in [0.05, 0.1) is 0 Å². The minimum Gasteiger partial charge on any atom is -0.426 e. The van der Waals surface area contributed by atoms with Gasteiger partial charge in [-0.05, 0) is 42.0 Å². The highest BCUT2D eigenvalue weighted by Crippen LogP contribution is 2.45. The fourth-order valence-electron chi connectivity index (χ4n) is 3.79. The van der Waals surface area contributed by atoms with Gasteiger partial charge in [0.15, 0.2) is 0 Å². The molecule has 0 amide bonds. The molecule has 3 unspecified atom stereocenters. The lowest BCUT2D eigenvalue weighted by atomic mass is 9.91. The van der Waals surface area contributed by atoms with Crippen molar-refractivity contribution >= 4 is 16.7 Å². The minimum atomic E-state index is -0.0997. The van der Waals surface area contributed by atoms with Gasteiger partial charge in [-0.2, -0.15) is 0 Å². The van der Waals surface area contributed by atoms with Gasteiger partial charge in [0.2, 0.25) is 0 Å². The van der Waals surface area contributed by atoms with Crippen molar-refractivity contribution in [2.24, 2.45) is 17.8 Å². The third kappa shape index (κ3) is 2.35. The number of esters is 1. The number of carbonyl (C=O) groups excluding carboxylic acids is 1. The molecule has 0 spiro atoms. The molecule has 2 aromatic rings. The molecule has 0 heterocycles. The number of hydrogen-bond donors (Lipinski definition) is 0. The summed E-state index contributed by atoms with van der Waals surface area (Å²) in [4.78, 5) is 12.2. The maximum atomic E-state index is 12.2. The smallest absolute Gasteiger partial charge is 0.311 e. The summed E-state index contributed by atoms with van der Waals surface area (Å²) in [7, 11) is 0. The first-order valence-corrected chi connectivity index (χ1v) is 7.66. The second kappa shape index (κ2) is 5.03. The highest BCUT2D eigenvalue weighted by molar-refractivity contribution is 5.90. The van der Waals surface area contributed by atoms with Crippen LogP contribution in [-0.4, -0.2) is 5.97 Å². The van der Waals surface area contributed by atoms with Crippen LogP contribution < -0.4 is 4.74 Å². The molecule has 1 saturated carbocycles. The summed E-state index contributed by atoms with van der Waals surface area (Å²) in [6.07, 6.45) is 7.49. The molecule has 3 atom stereocenters. The summed E-state index contributed by atoms with van der Waals surface area (Å²) in [5.41, 5.74) is 0. The maximum Gasteiger partial charge on any atom is 0.311 e. The van der Waals surface area contributed by atoms with Crippen molar-refractivity contribution in [3.63, 3.8) is 0 Å². The van der Waals surface area contributed by atoms with Gasteiger partial charge >= 0.3 is 5.97 Å². The van der Waals surface area contributed by atoms with Crippen molar-refractivity contribution in [2.75, 3.05) is 0 Å². The quantitative estimate of drug-likeness (QED) is 0.474. The molecule has 1 fully saturated rings. The molecule has 2 aliphatic carbocycles. The van der Waals surface area contributed by atoms with E-state index in [9.17, 15) is 4.79 Å². The average Bonchev–Trinajstić information content (AvgIpc) is 3.10. The lowest BCUT2D eigenvalue weighted by Gasteiger charge is -2.17. The molecule has 2 aromatic carbocycles. The molecule has 4 rings (SSSR count). The molecular formula is C19H18O2. The molecule has 21 heavy (non-hydrogen) atoms. The van der Waals surface area contributed by atoms with E-state index in [1.165, 1.54) is 6.42 Å². The number of benzene rings is 2. The van der Waals surface area contributed by atoms with Crippen LogP contribution in [0.3, 0.4) is 0 Å². The highest BCUT2D eigenvalue weighted by Gasteiger charge is 2.36. The predicted octanol–water partition coefficient (Wildman–Crippen LogP) is 4.35. The van der Waals surface area contributed by atoms with Crippen LogP contribution in [0.2, 0.25) is 0 Å². The largest absolute Gasteiger partial charge is 0.426 e. The lowest BCUT2D eigenvalue weighted by Crippen LogP contribution is -2.17. The first-order chi connectivity index (χ1) is 10.3. The van der Waals surface area contributed by atoms with E-state index in [0.717, 1.165) is 17.2 Å². The predicted molar refractivity (Wildman–Crippen MR) is 83.0 cm³/mol. The van der Waals surface area contributed by atoms with Gasteiger partial charge in [0.25, 0.3) is 0 Å². The molecule has 2 aliphatic rings. The van der Waals surface area contributed by atoms with Gasteiger partial charge in [-0.1, -0.05) is 48.6 Å². The molecule has 2 heteroatoms. The topological polar surface area (TPSA) is 26.3 Å². The van der Waals surface area contributed by atoms with Crippen LogP contribution in [0.15, 0.2) is 54.6 Å². The Morgan fingerprint density at radius 2 is 1.90 bits per heavy atom. The Kier molecular flexibility index (Phi) is 3.03. The van der Waals surface area contributed by atoms with Crippen molar-refractivity contribution in [2.45, 2.75) is 19.3 Å². The lowest BCUT2D eigenvalue weighted by molar-refractivity contribution is -0.135. The Bertz CT molecular complexity index is 711. The van der Waals surface area contributed by atoms with E-state index in [0.29, 0.717) is 29.9 Å². The zero-order chi connectivity index (χ0) is 14.2. The van der Waals surface area contributed by atoms with Gasteiger partial charge in [0.1, 0.15) is 5.75 Å². The summed E-state index contributed by atoms with van der Waals surface area (Å²) in [6, 6.07) is 13.8. The van der Waals surface area contributed by atoms with E-state index in [-0.39, 0.29) is 5.97 Å². The summed E-state index contributed by atoms with van der Waals surface area (Å²) in [5, 5.41) is 2.10. The molecule has 2 bridgehead atoms. The Labute approximate surface area is 124 Å². The fourth-order valence-corrected chi connectivity index (χ4v) is 3.79. The number of ether oxygens (including phenoxy) is 1. The monoisotopic (exact) mass is 278 g/mol. The van der Waals surface area contributed by atoms with Crippen molar-refractivity contribution < 1.29 is 9.53 Å². The van der Waals surface area contributed by atoms with E-state index in [1.807, 2.05) is 42.5 Å². The van der Waals surface area contributed by atoms with Crippen LogP contribution in [0.1, 0.15) is 19.3 Å². The zero-order valence-corrected chi connectivity index (χ0v) is 11.9. The van der Waals surface area contributed by atoms with E-state index in [2.05, 4.69) is 12.2 Å². The van der Waals surface area contributed by atoms with E-state index < -0.39 is 0 Å². The first kappa shape index (κ1) is 12.6. The standard InChI is InChI=1S/C19H18O2/c20-19(12-16-11-13-8-9-15(16)10-13)21-18-7-3-5-14-4-1-2-6-17(14)18/h1-9,13,15-16H,10-12H2. The third-order valence-corrected chi connectivity index (χ3v) is 4.82. The minimum absolute atomic E-state index is 0.0997. The Hall–Kier alpha value is -2.09. The molecule has 106 valence electrons. The Morgan fingerprint density at radius 3 is 2.71 bits per heavy atom. The second-order valence-corrected chi connectivity index (χ2v) is 6.20. The molecular weight excluding hydrogens is 260 g/mol.